The van der Waals surface area contributed by atoms with Crippen molar-refractivity contribution in [3.8, 4) is 0 Å². The largest absolute Gasteiger partial charge is 0.390 e. The van der Waals surface area contributed by atoms with Crippen molar-refractivity contribution in [2.75, 3.05) is 0 Å². The maximum atomic E-state index is 13.2. The fourth-order valence-electron chi connectivity index (χ4n) is 1.32. The molecule has 2 rings (SSSR count). The maximum absolute atomic E-state index is 13.2. The Hall–Kier alpha value is -1.42. The molecule has 0 amide bonds. The van der Waals surface area contributed by atoms with Crippen LogP contribution in [0.5, 0.6) is 0 Å². The molecule has 0 radical (unpaired) electrons. The average Bonchev–Trinajstić information content (AvgIpc) is 2.47. The molecule has 0 atom stereocenters. The number of halogens is 1. The summed E-state index contributed by atoms with van der Waals surface area (Å²) in [6.45, 7) is 1.64. The second-order valence-corrected chi connectivity index (χ2v) is 2.99. The van der Waals surface area contributed by atoms with E-state index in [0.717, 1.165) is 5.56 Å². The number of hydrogen-bond acceptors (Lipinski definition) is 2. The molecule has 4 heteroatoms. The van der Waals surface area contributed by atoms with E-state index in [-0.39, 0.29) is 18.1 Å². The lowest BCUT2D eigenvalue weighted by atomic mass is 10.3. The van der Waals surface area contributed by atoms with Gasteiger partial charge in [-0.1, -0.05) is 0 Å². The van der Waals surface area contributed by atoms with Crippen LogP contribution in [0, 0.1) is 12.7 Å². The zero-order chi connectivity index (χ0) is 9.42. The van der Waals surface area contributed by atoms with Gasteiger partial charge in [-0.05, 0) is 18.6 Å². The van der Waals surface area contributed by atoms with E-state index in [2.05, 4.69) is 4.98 Å². The molecule has 68 valence electrons. The molecule has 0 saturated heterocycles. The van der Waals surface area contributed by atoms with Gasteiger partial charge in [0.1, 0.15) is 0 Å². The summed E-state index contributed by atoms with van der Waals surface area (Å²) in [5.41, 5.74) is 1.56. The van der Waals surface area contributed by atoms with E-state index in [1.165, 1.54) is 6.07 Å². The minimum Gasteiger partial charge on any atom is -0.390 e. The highest BCUT2D eigenvalue weighted by Crippen LogP contribution is 2.11. The summed E-state index contributed by atoms with van der Waals surface area (Å²) < 4.78 is 14.8. The summed E-state index contributed by atoms with van der Waals surface area (Å²) in [6.07, 6.45) is 3.38. The SMILES string of the molecule is Cc1cc(F)c2nc(CO)cn2c1. The van der Waals surface area contributed by atoms with Crippen LogP contribution in [0.2, 0.25) is 0 Å². The number of aryl methyl sites for hydroxylation is 1. The Bertz CT molecular complexity index is 450. The quantitative estimate of drug-likeness (QED) is 0.717. The predicted molar refractivity (Wildman–Crippen MR) is 45.8 cm³/mol. The third-order valence-electron chi connectivity index (χ3n) is 1.85. The van der Waals surface area contributed by atoms with E-state index in [4.69, 9.17) is 5.11 Å². The van der Waals surface area contributed by atoms with Gasteiger partial charge in [0.05, 0.1) is 12.3 Å². The molecular formula is C9H9FN2O. The van der Waals surface area contributed by atoms with Gasteiger partial charge in [0.15, 0.2) is 11.5 Å². The lowest BCUT2D eigenvalue weighted by molar-refractivity contribution is 0.277. The minimum atomic E-state index is -0.361. The van der Waals surface area contributed by atoms with E-state index < -0.39 is 0 Å². The van der Waals surface area contributed by atoms with Crippen LogP contribution in [-0.2, 0) is 6.61 Å². The third kappa shape index (κ3) is 1.29. The molecule has 0 fully saturated rings. The van der Waals surface area contributed by atoms with E-state index in [0.29, 0.717) is 5.69 Å². The third-order valence-corrected chi connectivity index (χ3v) is 1.85. The Morgan fingerprint density at radius 1 is 1.54 bits per heavy atom. The molecule has 2 aromatic heterocycles. The summed E-state index contributed by atoms with van der Waals surface area (Å²) in [5, 5.41) is 8.80. The van der Waals surface area contributed by atoms with E-state index in [1.54, 1.807) is 23.7 Å². The molecule has 0 aliphatic rings. The summed E-state index contributed by atoms with van der Waals surface area (Å²) in [7, 11) is 0. The molecule has 0 spiro atoms. The number of aliphatic hydroxyl groups excluding tert-OH is 1. The molecule has 0 unspecified atom stereocenters. The van der Waals surface area contributed by atoms with E-state index >= 15 is 0 Å². The summed E-state index contributed by atoms with van der Waals surface area (Å²) in [6, 6.07) is 1.42. The van der Waals surface area contributed by atoms with Crippen molar-refractivity contribution in [1.82, 2.24) is 9.38 Å². The Morgan fingerprint density at radius 2 is 2.31 bits per heavy atom. The number of nitrogens with zero attached hydrogens (tertiary/aromatic N) is 2. The van der Waals surface area contributed by atoms with Gasteiger partial charge in [-0.15, -0.1) is 0 Å². The molecule has 1 N–H and O–H groups in total. The molecule has 13 heavy (non-hydrogen) atoms. The van der Waals surface area contributed by atoms with Gasteiger partial charge in [0, 0.05) is 12.4 Å². The van der Waals surface area contributed by atoms with Crippen molar-refractivity contribution in [3.63, 3.8) is 0 Å². The first kappa shape index (κ1) is 8.19. The normalized spacial score (nSPS) is 11.0. The summed E-state index contributed by atoms with van der Waals surface area (Å²) in [5.74, 6) is -0.361. The van der Waals surface area contributed by atoms with Gasteiger partial charge in [-0.25, -0.2) is 9.37 Å². The molecule has 0 aliphatic heterocycles. The molecule has 3 nitrogen and oxygen atoms in total. The molecule has 0 aliphatic carbocycles. The molecule has 2 aromatic rings. The topological polar surface area (TPSA) is 37.5 Å². The Labute approximate surface area is 74.5 Å². The summed E-state index contributed by atoms with van der Waals surface area (Å²) in [4.78, 5) is 3.91. The van der Waals surface area contributed by atoms with Crippen LogP contribution in [0.15, 0.2) is 18.5 Å². The van der Waals surface area contributed by atoms with Gasteiger partial charge in [0.25, 0.3) is 0 Å². The lowest BCUT2D eigenvalue weighted by Crippen LogP contribution is -1.89. The maximum Gasteiger partial charge on any atom is 0.173 e. The van der Waals surface area contributed by atoms with Crippen LogP contribution in [0.3, 0.4) is 0 Å². The van der Waals surface area contributed by atoms with Crippen LogP contribution in [0.1, 0.15) is 11.3 Å². The van der Waals surface area contributed by atoms with Gasteiger partial charge in [-0.3, -0.25) is 0 Å². The van der Waals surface area contributed by atoms with Gasteiger partial charge in [0.2, 0.25) is 0 Å². The molecule has 0 bridgehead atoms. The number of aromatic nitrogens is 2. The van der Waals surface area contributed by atoms with Crippen LogP contribution >= 0.6 is 0 Å². The minimum absolute atomic E-state index is 0.167. The first-order valence-electron chi connectivity index (χ1n) is 3.95. The van der Waals surface area contributed by atoms with Gasteiger partial charge < -0.3 is 9.51 Å². The molecule has 0 aromatic carbocycles. The van der Waals surface area contributed by atoms with E-state index in [9.17, 15) is 4.39 Å². The summed E-state index contributed by atoms with van der Waals surface area (Å²) >= 11 is 0. The number of aliphatic hydroxyl groups is 1. The van der Waals surface area contributed by atoms with Crippen molar-refractivity contribution in [2.24, 2.45) is 0 Å². The lowest BCUT2D eigenvalue weighted by Gasteiger charge is -1.96. The van der Waals surface area contributed by atoms with Crippen LogP contribution in [0.4, 0.5) is 4.39 Å². The molecule has 2 heterocycles. The highest BCUT2D eigenvalue weighted by molar-refractivity contribution is 5.43. The van der Waals surface area contributed by atoms with Crippen LogP contribution in [-0.4, -0.2) is 14.5 Å². The number of imidazole rings is 1. The van der Waals surface area contributed by atoms with Crippen molar-refractivity contribution in [3.05, 3.63) is 35.5 Å². The van der Waals surface area contributed by atoms with Crippen molar-refractivity contribution >= 4 is 5.65 Å². The zero-order valence-corrected chi connectivity index (χ0v) is 7.16. The standard InChI is InChI=1S/C9H9FN2O/c1-6-2-8(10)9-11-7(5-13)4-12(9)3-6/h2-4,13H,5H2,1H3. The Kier molecular flexibility index (Phi) is 1.77. The van der Waals surface area contributed by atoms with Crippen molar-refractivity contribution in [1.29, 1.82) is 0 Å². The highest BCUT2D eigenvalue weighted by Gasteiger charge is 2.05. The first-order chi connectivity index (χ1) is 6.20. The van der Waals surface area contributed by atoms with Crippen molar-refractivity contribution < 1.29 is 9.50 Å². The Morgan fingerprint density at radius 3 is 3.00 bits per heavy atom. The molecule has 0 saturated carbocycles. The smallest absolute Gasteiger partial charge is 0.173 e. The zero-order valence-electron chi connectivity index (χ0n) is 7.16. The first-order valence-corrected chi connectivity index (χ1v) is 3.95. The highest BCUT2D eigenvalue weighted by atomic mass is 19.1. The monoisotopic (exact) mass is 180 g/mol. The number of pyridine rings is 1. The van der Waals surface area contributed by atoms with Crippen LogP contribution in [0.25, 0.3) is 5.65 Å². The number of rotatable bonds is 1. The Balaban J connectivity index is 2.75. The second-order valence-electron chi connectivity index (χ2n) is 2.99. The average molecular weight is 180 g/mol. The van der Waals surface area contributed by atoms with Gasteiger partial charge in [-0.2, -0.15) is 0 Å². The fraction of sp³-hybridized carbons (Fsp3) is 0.222. The second kappa shape index (κ2) is 2.81. The molecular weight excluding hydrogens is 171 g/mol. The van der Waals surface area contributed by atoms with Gasteiger partial charge >= 0.3 is 0 Å². The number of fused-ring (bicyclic) bond motifs is 1. The fourth-order valence-corrected chi connectivity index (χ4v) is 1.32. The predicted octanol–water partition coefficient (Wildman–Crippen LogP) is 1.27. The van der Waals surface area contributed by atoms with E-state index in [1.807, 2.05) is 0 Å². The number of hydrogen-bond donors (Lipinski definition) is 1. The van der Waals surface area contributed by atoms with Crippen molar-refractivity contribution in [2.45, 2.75) is 13.5 Å². The van der Waals surface area contributed by atoms with Crippen LogP contribution < -0.4 is 0 Å².